The number of hydrogen-bond donors (Lipinski definition) is 2. The second-order valence-electron chi connectivity index (χ2n) is 3.48. The topological polar surface area (TPSA) is 32.3 Å². The predicted molar refractivity (Wildman–Crippen MR) is 65.5 cm³/mol. The monoisotopic (exact) mass is 221 g/mol. The van der Waals surface area contributed by atoms with Gasteiger partial charge in [0, 0.05) is 11.2 Å². The summed E-state index contributed by atoms with van der Waals surface area (Å²) < 4.78 is 1.36. The van der Waals surface area contributed by atoms with Crippen LogP contribution >= 0.6 is 11.3 Å². The summed E-state index contributed by atoms with van der Waals surface area (Å²) in [4.78, 5) is 0. The minimum atomic E-state index is 0.213. The van der Waals surface area contributed by atoms with Gasteiger partial charge in [-0.3, -0.25) is 0 Å². The highest BCUT2D eigenvalue weighted by molar-refractivity contribution is 7.17. The third-order valence-corrected chi connectivity index (χ3v) is 3.43. The molecule has 1 aromatic carbocycles. The van der Waals surface area contributed by atoms with Gasteiger partial charge in [-0.2, -0.15) is 0 Å². The summed E-state index contributed by atoms with van der Waals surface area (Å²) in [6.45, 7) is 1.83. The Morgan fingerprint density at radius 2 is 2.07 bits per heavy atom. The van der Waals surface area contributed by atoms with Crippen molar-refractivity contribution in [1.29, 1.82) is 0 Å². The van der Waals surface area contributed by atoms with Gasteiger partial charge in [0.05, 0.1) is 6.61 Å². The summed E-state index contributed by atoms with van der Waals surface area (Å²) in [5, 5.41) is 15.4. The summed E-state index contributed by atoms with van der Waals surface area (Å²) in [6, 6.07) is 8.49. The molecule has 0 bridgehead atoms. The molecule has 3 heteroatoms. The summed E-state index contributed by atoms with van der Waals surface area (Å²) >= 11 is 1.80. The van der Waals surface area contributed by atoms with Gasteiger partial charge in [0.25, 0.3) is 0 Å². The lowest BCUT2D eigenvalue weighted by Gasteiger charge is -2.01. The zero-order chi connectivity index (χ0) is 10.5. The van der Waals surface area contributed by atoms with E-state index in [2.05, 4.69) is 35.0 Å². The molecule has 0 spiro atoms. The van der Waals surface area contributed by atoms with Gasteiger partial charge in [-0.15, -0.1) is 11.3 Å². The normalized spacial score (nSPS) is 11.0. The lowest BCUT2D eigenvalue weighted by Crippen LogP contribution is -2.20. The second kappa shape index (κ2) is 5.26. The molecule has 2 nitrogen and oxygen atoms in total. The van der Waals surface area contributed by atoms with Crippen molar-refractivity contribution in [2.75, 3.05) is 19.7 Å². The van der Waals surface area contributed by atoms with Crippen LogP contribution in [0, 0.1) is 0 Å². The Kier molecular flexibility index (Phi) is 3.72. The molecule has 0 radical (unpaired) electrons. The van der Waals surface area contributed by atoms with Crippen LogP contribution in [0.25, 0.3) is 10.1 Å². The van der Waals surface area contributed by atoms with Crippen LogP contribution in [0.2, 0.25) is 0 Å². The summed E-state index contributed by atoms with van der Waals surface area (Å²) in [6.07, 6.45) is 1.03. The molecule has 0 amide bonds. The first kappa shape index (κ1) is 10.6. The molecule has 2 rings (SSSR count). The van der Waals surface area contributed by atoms with E-state index >= 15 is 0 Å². The van der Waals surface area contributed by atoms with E-state index in [0.717, 1.165) is 13.0 Å². The molecule has 2 N–H and O–H groups in total. The van der Waals surface area contributed by atoms with E-state index in [1.165, 1.54) is 15.6 Å². The molecule has 80 valence electrons. The molecule has 2 aromatic rings. The molecular formula is C12H15NOS. The maximum absolute atomic E-state index is 8.63. The van der Waals surface area contributed by atoms with Crippen LogP contribution in [0.3, 0.4) is 0 Å². The van der Waals surface area contributed by atoms with Crippen LogP contribution < -0.4 is 5.32 Å². The van der Waals surface area contributed by atoms with Crippen molar-refractivity contribution in [1.82, 2.24) is 5.32 Å². The van der Waals surface area contributed by atoms with E-state index < -0.39 is 0 Å². The quantitative estimate of drug-likeness (QED) is 0.757. The van der Waals surface area contributed by atoms with Gasteiger partial charge in [0.1, 0.15) is 0 Å². The summed E-state index contributed by atoms with van der Waals surface area (Å²) in [5.41, 5.74) is 1.40. The Bertz CT molecular complexity index is 424. The van der Waals surface area contributed by atoms with Crippen LogP contribution in [0.5, 0.6) is 0 Å². The molecule has 0 aliphatic heterocycles. The Labute approximate surface area is 93.6 Å². The van der Waals surface area contributed by atoms with Crippen molar-refractivity contribution in [3.05, 3.63) is 35.2 Å². The average molecular weight is 221 g/mol. The van der Waals surface area contributed by atoms with Crippen LogP contribution in [-0.4, -0.2) is 24.8 Å². The van der Waals surface area contributed by atoms with E-state index in [1.807, 2.05) is 0 Å². The maximum Gasteiger partial charge on any atom is 0.0555 e. The van der Waals surface area contributed by atoms with Gasteiger partial charge in [-0.25, -0.2) is 0 Å². The molecule has 0 unspecified atom stereocenters. The van der Waals surface area contributed by atoms with Gasteiger partial charge < -0.3 is 10.4 Å². The molecule has 0 saturated heterocycles. The number of fused-ring (bicyclic) bond motifs is 1. The Morgan fingerprint density at radius 3 is 2.93 bits per heavy atom. The number of thiophene rings is 1. The molecule has 1 aromatic heterocycles. The van der Waals surface area contributed by atoms with Gasteiger partial charge in [0.15, 0.2) is 0 Å². The van der Waals surface area contributed by atoms with Crippen molar-refractivity contribution < 1.29 is 5.11 Å². The number of hydrogen-bond acceptors (Lipinski definition) is 3. The van der Waals surface area contributed by atoms with Crippen molar-refractivity contribution in [2.45, 2.75) is 6.42 Å². The highest BCUT2D eigenvalue weighted by Crippen LogP contribution is 2.25. The first-order valence-electron chi connectivity index (χ1n) is 5.18. The third-order valence-electron chi connectivity index (χ3n) is 2.42. The summed E-state index contributed by atoms with van der Waals surface area (Å²) in [5.74, 6) is 0. The van der Waals surface area contributed by atoms with E-state index in [1.54, 1.807) is 11.3 Å². The third kappa shape index (κ3) is 2.56. The maximum atomic E-state index is 8.63. The molecule has 0 atom stereocenters. The van der Waals surface area contributed by atoms with E-state index in [4.69, 9.17) is 5.11 Å². The first-order chi connectivity index (χ1) is 7.42. The fourth-order valence-corrected chi connectivity index (χ4v) is 2.65. The largest absolute Gasteiger partial charge is 0.395 e. The van der Waals surface area contributed by atoms with E-state index in [0.29, 0.717) is 6.54 Å². The lowest BCUT2D eigenvalue weighted by molar-refractivity contribution is 0.293. The van der Waals surface area contributed by atoms with Gasteiger partial charge in [0.2, 0.25) is 0 Å². The second-order valence-corrected chi connectivity index (χ2v) is 4.39. The molecular weight excluding hydrogens is 206 g/mol. The van der Waals surface area contributed by atoms with Gasteiger partial charge >= 0.3 is 0 Å². The number of nitrogens with one attached hydrogen (secondary N) is 1. The van der Waals surface area contributed by atoms with Crippen molar-refractivity contribution >= 4 is 21.4 Å². The van der Waals surface area contributed by atoms with Crippen molar-refractivity contribution in [3.63, 3.8) is 0 Å². The van der Waals surface area contributed by atoms with E-state index in [9.17, 15) is 0 Å². The fourth-order valence-electron chi connectivity index (χ4n) is 1.65. The van der Waals surface area contributed by atoms with Gasteiger partial charge in [-0.1, -0.05) is 18.2 Å². The first-order valence-corrected chi connectivity index (χ1v) is 6.06. The standard InChI is InChI=1S/C12H15NOS/c14-8-7-13-6-5-10-9-15-12-4-2-1-3-11(10)12/h1-4,9,13-14H,5-8H2. The minimum Gasteiger partial charge on any atom is -0.395 e. The molecule has 0 fully saturated rings. The van der Waals surface area contributed by atoms with Crippen LogP contribution in [0.1, 0.15) is 5.56 Å². The fraction of sp³-hybridized carbons (Fsp3) is 0.333. The smallest absolute Gasteiger partial charge is 0.0555 e. The molecule has 1 heterocycles. The Hall–Kier alpha value is -0.900. The zero-order valence-electron chi connectivity index (χ0n) is 8.57. The van der Waals surface area contributed by atoms with Crippen LogP contribution in [-0.2, 0) is 6.42 Å². The molecule has 15 heavy (non-hydrogen) atoms. The van der Waals surface area contributed by atoms with E-state index in [-0.39, 0.29) is 6.61 Å². The highest BCUT2D eigenvalue weighted by Gasteiger charge is 2.01. The number of aliphatic hydroxyl groups is 1. The Balaban J connectivity index is 2.02. The SMILES string of the molecule is OCCNCCc1csc2ccccc12. The Morgan fingerprint density at radius 1 is 1.20 bits per heavy atom. The molecule has 0 aliphatic rings. The van der Waals surface area contributed by atoms with Crippen LogP contribution in [0.15, 0.2) is 29.6 Å². The number of benzene rings is 1. The molecule has 0 aliphatic carbocycles. The lowest BCUT2D eigenvalue weighted by atomic mass is 10.1. The molecule has 0 saturated carbocycles. The average Bonchev–Trinajstić information content (AvgIpc) is 2.68. The van der Waals surface area contributed by atoms with Crippen LogP contribution in [0.4, 0.5) is 0 Å². The van der Waals surface area contributed by atoms with Crippen molar-refractivity contribution in [3.8, 4) is 0 Å². The highest BCUT2D eigenvalue weighted by atomic mass is 32.1. The van der Waals surface area contributed by atoms with Gasteiger partial charge in [-0.05, 0) is 35.4 Å². The summed E-state index contributed by atoms with van der Waals surface area (Å²) in [7, 11) is 0. The zero-order valence-corrected chi connectivity index (χ0v) is 9.39. The number of aliphatic hydroxyl groups excluding tert-OH is 1. The number of rotatable bonds is 5. The predicted octanol–water partition coefficient (Wildman–Crippen LogP) is 2.03. The van der Waals surface area contributed by atoms with Crippen molar-refractivity contribution in [2.24, 2.45) is 0 Å². The minimum absolute atomic E-state index is 0.213.